The Morgan fingerprint density at radius 2 is 2.05 bits per heavy atom. The quantitative estimate of drug-likeness (QED) is 0.749. The van der Waals surface area contributed by atoms with Crippen LogP contribution >= 0.6 is 0 Å². The predicted octanol–water partition coefficient (Wildman–Crippen LogP) is 3.69. The summed E-state index contributed by atoms with van der Waals surface area (Å²) in [5.41, 5.74) is 0.864. The zero-order valence-electron chi connectivity index (χ0n) is 12.9. The molecule has 0 aliphatic rings. The fourth-order valence-electron chi connectivity index (χ4n) is 2.00. The number of hydrogen-bond acceptors (Lipinski definition) is 3. The first-order valence-electron chi connectivity index (χ1n) is 7.26. The molecule has 2 atom stereocenters. The first kappa shape index (κ1) is 16.9. The zero-order valence-corrected chi connectivity index (χ0v) is 12.9. The summed E-state index contributed by atoms with van der Waals surface area (Å²) in [6.45, 7) is 7.68. The van der Waals surface area contributed by atoms with Crippen molar-refractivity contribution >= 4 is 0 Å². The molecule has 0 aliphatic heterocycles. The van der Waals surface area contributed by atoms with Crippen molar-refractivity contribution < 1.29 is 13.9 Å². The maximum absolute atomic E-state index is 13.5. The van der Waals surface area contributed by atoms with Crippen LogP contribution in [0.5, 0.6) is 5.75 Å². The first-order chi connectivity index (χ1) is 9.58. The van der Waals surface area contributed by atoms with Gasteiger partial charge in [-0.25, -0.2) is 4.39 Å². The largest absolute Gasteiger partial charge is 0.490 e. The third-order valence-electron chi connectivity index (χ3n) is 3.20. The molecule has 1 aromatic carbocycles. The van der Waals surface area contributed by atoms with E-state index >= 15 is 0 Å². The Kier molecular flexibility index (Phi) is 7.55. The molecule has 4 heteroatoms. The van der Waals surface area contributed by atoms with E-state index in [2.05, 4.69) is 12.2 Å². The summed E-state index contributed by atoms with van der Waals surface area (Å²) in [5.74, 6) is 0.508. The van der Waals surface area contributed by atoms with E-state index in [1.54, 1.807) is 19.2 Å². The van der Waals surface area contributed by atoms with Crippen LogP contribution in [0.15, 0.2) is 18.2 Å². The highest BCUT2D eigenvalue weighted by Gasteiger charge is 2.14. The van der Waals surface area contributed by atoms with Gasteiger partial charge in [0.2, 0.25) is 0 Å². The normalized spacial score (nSPS) is 14.1. The Hall–Kier alpha value is -1.13. The van der Waals surface area contributed by atoms with Crippen molar-refractivity contribution in [2.75, 3.05) is 20.3 Å². The maximum Gasteiger partial charge on any atom is 0.124 e. The fraction of sp³-hybridized carbons (Fsp3) is 0.625. The van der Waals surface area contributed by atoms with Gasteiger partial charge in [0.1, 0.15) is 11.6 Å². The van der Waals surface area contributed by atoms with E-state index < -0.39 is 0 Å². The summed E-state index contributed by atoms with van der Waals surface area (Å²) in [5, 5.41) is 3.36. The second kappa shape index (κ2) is 8.93. The van der Waals surface area contributed by atoms with Crippen molar-refractivity contribution in [2.24, 2.45) is 0 Å². The van der Waals surface area contributed by atoms with E-state index in [0.29, 0.717) is 6.61 Å². The highest BCUT2D eigenvalue weighted by Crippen LogP contribution is 2.27. The number of halogens is 1. The SMILES string of the molecule is CCCNC(C)c1cc(F)ccc1OC(C)CCOC. The lowest BCUT2D eigenvalue weighted by Gasteiger charge is -2.21. The van der Waals surface area contributed by atoms with E-state index in [9.17, 15) is 4.39 Å². The second-order valence-electron chi connectivity index (χ2n) is 5.07. The van der Waals surface area contributed by atoms with Crippen LogP contribution in [0.4, 0.5) is 4.39 Å². The molecule has 0 heterocycles. The highest BCUT2D eigenvalue weighted by atomic mass is 19.1. The van der Waals surface area contributed by atoms with Gasteiger partial charge in [-0.15, -0.1) is 0 Å². The van der Waals surface area contributed by atoms with Gasteiger partial charge in [0, 0.05) is 31.7 Å². The number of benzene rings is 1. The Balaban J connectivity index is 2.78. The molecule has 0 saturated heterocycles. The van der Waals surface area contributed by atoms with Crippen LogP contribution in [0.3, 0.4) is 0 Å². The molecule has 0 fully saturated rings. The lowest BCUT2D eigenvalue weighted by atomic mass is 10.1. The maximum atomic E-state index is 13.5. The number of hydrogen-bond donors (Lipinski definition) is 1. The van der Waals surface area contributed by atoms with Gasteiger partial charge < -0.3 is 14.8 Å². The van der Waals surface area contributed by atoms with Gasteiger partial charge in [-0.05, 0) is 45.0 Å². The number of methoxy groups -OCH3 is 1. The summed E-state index contributed by atoms with van der Waals surface area (Å²) < 4.78 is 24.4. The summed E-state index contributed by atoms with van der Waals surface area (Å²) >= 11 is 0. The molecule has 0 spiro atoms. The Morgan fingerprint density at radius 3 is 2.70 bits per heavy atom. The molecule has 114 valence electrons. The molecule has 0 amide bonds. The minimum Gasteiger partial charge on any atom is -0.490 e. The molecule has 1 rings (SSSR count). The van der Waals surface area contributed by atoms with Gasteiger partial charge in [-0.2, -0.15) is 0 Å². The van der Waals surface area contributed by atoms with Crippen molar-refractivity contribution in [1.29, 1.82) is 0 Å². The minimum atomic E-state index is -0.234. The molecule has 1 aromatic rings. The average molecular weight is 283 g/mol. The summed E-state index contributed by atoms with van der Waals surface area (Å²) in [6, 6.07) is 4.76. The summed E-state index contributed by atoms with van der Waals surface area (Å²) in [6.07, 6.45) is 1.89. The first-order valence-corrected chi connectivity index (χ1v) is 7.26. The predicted molar refractivity (Wildman–Crippen MR) is 79.7 cm³/mol. The van der Waals surface area contributed by atoms with Gasteiger partial charge in [0.15, 0.2) is 0 Å². The molecule has 0 aliphatic carbocycles. The monoisotopic (exact) mass is 283 g/mol. The van der Waals surface area contributed by atoms with Crippen LogP contribution in [-0.2, 0) is 4.74 Å². The topological polar surface area (TPSA) is 30.5 Å². The van der Waals surface area contributed by atoms with E-state index in [1.165, 1.54) is 6.07 Å². The highest BCUT2D eigenvalue weighted by molar-refractivity contribution is 5.36. The van der Waals surface area contributed by atoms with E-state index in [0.717, 1.165) is 30.7 Å². The molecule has 0 radical (unpaired) electrons. The van der Waals surface area contributed by atoms with E-state index in [-0.39, 0.29) is 18.0 Å². The Labute approximate surface area is 121 Å². The minimum absolute atomic E-state index is 0.0394. The summed E-state index contributed by atoms with van der Waals surface area (Å²) in [7, 11) is 1.67. The Morgan fingerprint density at radius 1 is 1.30 bits per heavy atom. The Bertz CT molecular complexity index is 398. The van der Waals surface area contributed by atoms with Crippen LogP contribution in [0.1, 0.15) is 45.2 Å². The van der Waals surface area contributed by atoms with Crippen molar-refractivity contribution in [1.82, 2.24) is 5.32 Å². The molecular formula is C16H26FNO2. The molecule has 20 heavy (non-hydrogen) atoms. The van der Waals surface area contributed by atoms with Gasteiger partial charge in [0.05, 0.1) is 6.10 Å². The number of rotatable bonds is 9. The third-order valence-corrected chi connectivity index (χ3v) is 3.20. The van der Waals surface area contributed by atoms with Gasteiger partial charge in [-0.3, -0.25) is 0 Å². The summed E-state index contributed by atoms with van der Waals surface area (Å²) in [4.78, 5) is 0. The van der Waals surface area contributed by atoms with Gasteiger partial charge in [-0.1, -0.05) is 6.92 Å². The van der Waals surface area contributed by atoms with Crippen LogP contribution in [0, 0.1) is 5.82 Å². The molecular weight excluding hydrogens is 257 g/mol. The smallest absolute Gasteiger partial charge is 0.124 e. The van der Waals surface area contributed by atoms with Crippen molar-refractivity contribution in [2.45, 2.75) is 45.8 Å². The molecule has 3 nitrogen and oxygen atoms in total. The number of nitrogens with one attached hydrogen (secondary N) is 1. The van der Waals surface area contributed by atoms with E-state index in [4.69, 9.17) is 9.47 Å². The third kappa shape index (κ3) is 5.47. The van der Waals surface area contributed by atoms with Crippen LogP contribution < -0.4 is 10.1 Å². The molecule has 2 unspecified atom stereocenters. The average Bonchev–Trinajstić information content (AvgIpc) is 2.44. The van der Waals surface area contributed by atoms with Gasteiger partial charge in [0.25, 0.3) is 0 Å². The number of ether oxygens (including phenoxy) is 2. The molecule has 0 saturated carbocycles. The molecule has 1 N–H and O–H groups in total. The lowest BCUT2D eigenvalue weighted by molar-refractivity contribution is 0.134. The van der Waals surface area contributed by atoms with Crippen LogP contribution in [0.25, 0.3) is 0 Å². The standard InChI is InChI=1S/C16H26FNO2/c1-5-9-18-13(3)15-11-14(17)6-7-16(15)20-12(2)8-10-19-4/h6-7,11-13,18H,5,8-10H2,1-4H3. The van der Waals surface area contributed by atoms with Gasteiger partial charge >= 0.3 is 0 Å². The van der Waals surface area contributed by atoms with Crippen molar-refractivity contribution in [3.63, 3.8) is 0 Å². The van der Waals surface area contributed by atoms with Crippen molar-refractivity contribution in [3.8, 4) is 5.75 Å². The molecule has 0 bridgehead atoms. The lowest BCUT2D eigenvalue weighted by Crippen LogP contribution is -2.22. The molecule has 0 aromatic heterocycles. The fourth-order valence-corrected chi connectivity index (χ4v) is 2.00. The van der Waals surface area contributed by atoms with Crippen LogP contribution in [0.2, 0.25) is 0 Å². The van der Waals surface area contributed by atoms with E-state index in [1.807, 2.05) is 13.8 Å². The van der Waals surface area contributed by atoms with Crippen LogP contribution in [-0.4, -0.2) is 26.4 Å². The second-order valence-corrected chi connectivity index (χ2v) is 5.07. The van der Waals surface area contributed by atoms with Crippen molar-refractivity contribution in [3.05, 3.63) is 29.6 Å². The zero-order chi connectivity index (χ0) is 15.0.